The molecule has 9 heteroatoms. The molecule has 0 unspecified atom stereocenters. The Bertz CT molecular complexity index is 1120. The molecule has 0 radical (unpaired) electrons. The van der Waals surface area contributed by atoms with E-state index in [0.29, 0.717) is 23.3 Å². The quantitative estimate of drug-likeness (QED) is 0.537. The van der Waals surface area contributed by atoms with Crippen LogP contribution in [0, 0.1) is 11.8 Å². The number of aryl methyl sites for hydroxylation is 2. The summed E-state index contributed by atoms with van der Waals surface area (Å²) in [7, 11) is 1.83. The SMILES string of the molecule is CCCc1nn(C)c2c(=O)[nH]c(N(CCN3CCN(C(=O)C4CCCCC4)CC3)CC3CCCCC3)nc12. The van der Waals surface area contributed by atoms with Crippen LogP contribution in [0.4, 0.5) is 5.95 Å². The average Bonchev–Trinajstić information content (AvgIpc) is 3.27. The Morgan fingerprint density at radius 2 is 1.68 bits per heavy atom. The van der Waals surface area contributed by atoms with Crippen LogP contribution in [0.1, 0.15) is 83.2 Å². The summed E-state index contributed by atoms with van der Waals surface area (Å²) in [5.74, 6) is 1.96. The maximum Gasteiger partial charge on any atom is 0.278 e. The van der Waals surface area contributed by atoms with E-state index in [1.54, 1.807) is 4.68 Å². The largest absolute Gasteiger partial charge is 0.341 e. The van der Waals surface area contributed by atoms with Crippen LogP contribution in [0.5, 0.6) is 0 Å². The molecule has 2 aromatic rings. The van der Waals surface area contributed by atoms with E-state index in [9.17, 15) is 9.59 Å². The predicted octanol–water partition coefficient (Wildman–Crippen LogP) is 3.72. The Labute approximate surface area is 227 Å². The van der Waals surface area contributed by atoms with Gasteiger partial charge in [0.15, 0.2) is 5.52 Å². The minimum absolute atomic E-state index is 0.106. The summed E-state index contributed by atoms with van der Waals surface area (Å²) in [4.78, 5) is 41.2. The number of anilines is 1. The van der Waals surface area contributed by atoms with Gasteiger partial charge in [-0.15, -0.1) is 0 Å². The Hall–Kier alpha value is -2.42. The number of nitrogens with zero attached hydrogens (tertiary/aromatic N) is 6. The van der Waals surface area contributed by atoms with Crippen molar-refractivity contribution in [2.24, 2.45) is 18.9 Å². The number of nitrogens with one attached hydrogen (secondary N) is 1. The van der Waals surface area contributed by atoms with E-state index < -0.39 is 0 Å². The third-order valence-corrected chi connectivity index (χ3v) is 9.06. The van der Waals surface area contributed by atoms with Gasteiger partial charge in [-0.05, 0) is 38.0 Å². The zero-order valence-electron chi connectivity index (χ0n) is 23.6. The van der Waals surface area contributed by atoms with Gasteiger partial charge in [0.05, 0.1) is 5.69 Å². The standard InChI is InChI=1S/C29H47N7O2/c1-3-10-24-25-26(33(2)32-24)27(37)31-29(30-25)36(21-22-11-6-4-7-12-22)20-17-34-15-18-35(19-16-34)28(38)23-13-8-5-9-14-23/h22-23H,3-21H2,1-2H3,(H,30,31,37). The van der Waals surface area contributed by atoms with Crippen LogP contribution < -0.4 is 10.5 Å². The number of aromatic amines is 1. The lowest BCUT2D eigenvalue weighted by atomic mass is 9.88. The summed E-state index contributed by atoms with van der Waals surface area (Å²) in [6.45, 7) is 8.29. The molecule has 0 spiro atoms. The van der Waals surface area contributed by atoms with Crippen molar-refractivity contribution in [1.29, 1.82) is 0 Å². The second-order valence-corrected chi connectivity index (χ2v) is 11.9. The highest BCUT2D eigenvalue weighted by atomic mass is 16.2. The van der Waals surface area contributed by atoms with Gasteiger partial charge in [0.1, 0.15) is 5.52 Å². The molecule has 1 aliphatic heterocycles. The number of hydrogen-bond donors (Lipinski definition) is 1. The number of carbonyl (C=O) groups excluding carboxylic acids is 1. The summed E-state index contributed by atoms with van der Waals surface area (Å²) in [6.07, 6.45) is 14.0. The third-order valence-electron chi connectivity index (χ3n) is 9.06. The molecule has 210 valence electrons. The smallest absolute Gasteiger partial charge is 0.278 e. The number of hydrogen-bond acceptors (Lipinski definition) is 6. The molecule has 2 saturated carbocycles. The molecule has 3 aliphatic rings. The molecular formula is C29H47N7O2. The van der Waals surface area contributed by atoms with E-state index in [-0.39, 0.29) is 11.5 Å². The van der Waals surface area contributed by atoms with Crippen LogP contribution in [0.15, 0.2) is 4.79 Å². The fourth-order valence-corrected chi connectivity index (χ4v) is 6.82. The molecule has 1 saturated heterocycles. The molecule has 0 atom stereocenters. The molecule has 1 N–H and O–H groups in total. The average molecular weight is 526 g/mol. The molecule has 38 heavy (non-hydrogen) atoms. The van der Waals surface area contributed by atoms with Gasteiger partial charge in [-0.1, -0.05) is 51.9 Å². The molecule has 9 nitrogen and oxygen atoms in total. The molecule has 2 aromatic heterocycles. The Kier molecular flexibility index (Phi) is 9.02. The van der Waals surface area contributed by atoms with Crippen LogP contribution in [-0.4, -0.2) is 81.3 Å². The highest BCUT2D eigenvalue weighted by Crippen LogP contribution is 2.27. The van der Waals surface area contributed by atoms with E-state index in [0.717, 1.165) is 82.7 Å². The van der Waals surface area contributed by atoms with Crippen molar-refractivity contribution in [1.82, 2.24) is 29.5 Å². The van der Waals surface area contributed by atoms with Gasteiger partial charge in [0.2, 0.25) is 11.9 Å². The van der Waals surface area contributed by atoms with Crippen LogP contribution >= 0.6 is 0 Å². The third kappa shape index (κ3) is 6.24. The minimum Gasteiger partial charge on any atom is -0.341 e. The Morgan fingerprint density at radius 1 is 1.00 bits per heavy atom. The van der Waals surface area contributed by atoms with Gasteiger partial charge >= 0.3 is 0 Å². The summed E-state index contributed by atoms with van der Waals surface area (Å²) in [6, 6.07) is 0. The van der Waals surface area contributed by atoms with Crippen LogP contribution in [-0.2, 0) is 18.3 Å². The van der Waals surface area contributed by atoms with Gasteiger partial charge in [-0.3, -0.25) is 24.2 Å². The molecule has 0 bridgehead atoms. The molecule has 2 aliphatic carbocycles. The van der Waals surface area contributed by atoms with Crippen molar-refractivity contribution < 1.29 is 4.79 Å². The molecule has 5 rings (SSSR count). The topological polar surface area (TPSA) is 90.4 Å². The highest BCUT2D eigenvalue weighted by molar-refractivity contribution is 5.79. The van der Waals surface area contributed by atoms with Crippen molar-refractivity contribution in [3.05, 3.63) is 16.0 Å². The summed E-state index contributed by atoms with van der Waals surface area (Å²) in [5, 5.41) is 4.61. The molecule has 3 heterocycles. The minimum atomic E-state index is -0.106. The van der Waals surface area contributed by atoms with Gasteiger partial charge < -0.3 is 9.80 Å². The predicted molar refractivity (Wildman–Crippen MR) is 152 cm³/mol. The van der Waals surface area contributed by atoms with E-state index >= 15 is 0 Å². The van der Waals surface area contributed by atoms with Gasteiger partial charge in [-0.25, -0.2) is 4.98 Å². The van der Waals surface area contributed by atoms with Crippen molar-refractivity contribution in [2.45, 2.75) is 84.0 Å². The van der Waals surface area contributed by atoms with Crippen molar-refractivity contribution >= 4 is 22.9 Å². The second kappa shape index (κ2) is 12.6. The fourth-order valence-electron chi connectivity index (χ4n) is 6.82. The number of amides is 1. The first-order valence-electron chi connectivity index (χ1n) is 15.3. The summed E-state index contributed by atoms with van der Waals surface area (Å²) >= 11 is 0. The Balaban J connectivity index is 1.27. The van der Waals surface area contributed by atoms with Gasteiger partial charge in [0.25, 0.3) is 5.56 Å². The van der Waals surface area contributed by atoms with E-state index in [1.807, 2.05) is 7.05 Å². The summed E-state index contributed by atoms with van der Waals surface area (Å²) in [5.41, 5.74) is 2.12. The van der Waals surface area contributed by atoms with Crippen LogP contribution in [0.2, 0.25) is 0 Å². The summed E-state index contributed by atoms with van der Waals surface area (Å²) < 4.78 is 1.68. The lowest BCUT2D eigenvalue weighted by Gasteiger charge is -2.38. The highest BCUT2D eigenvalue weighted by Gasteiger charge is 2.29. The van der Waals surface area contributed by atoms with Crippen molar-refractivity contribution in [3.8, 4) is 0 Å². The number of aromatic nitrogens is 4. The molecule has 3 fully saturated rings. The van der Waals surface area contributed by atoms with E-state index in [4.69, 9.17) is 4.98 Å². The monoisotopic (exact) mass is 525 g/mol. The first-order chi connectivity index (χ1) is 18.5. The number of H-pyrrole nitrogens is 1. The second-order valence-electron chi connectivity index (χ2n) is 11.9. The normalized spacial score (nSPS) is 20.3. The van der Waals surface area contributed by atoms with Crippen LogP contribution in [0.3, 0.4) is 0 Å². The fraction of sp³-hybridized carbons (Fsp3) is 0.793. The lowest BCUT2D eigenvalue weighted by Crippen LogP contribution is -2.52. The van der Waals surface area contributed by atoms with Gasteiger partial charge in [0, 0.05) is 58.8 Å². The first kappa shape index (κ1) is 27.2. The van der Waals surface area contributed by atoms with Crippen molar-refractivity contribution in [2.75, 3.05) is 50.7 Å². The van der Waals surface area contributed by atoms with E-state index in [1.165, 1.54) is 51.4 Å². The first-order valence-corrected chi connectivity index (χ1v) is 15.3. The van der Waals surface area contributed by atoms with Crippen molar-refractivity contribution in [3.63, 3.8) is 0 Å². The maximum absolute atomic E-state index is 13.1. The van der Waals surface area contributed by atoms with E-state index in [2.05, 4.69) is 31.7 Å². The number of fused-ring (bicyclic) bond motifs is 1. The molecule has 1 amide bonds. The number of carbonyl (C=O) groups is 1. The van der Waals surface area contributed by atoms with Gasteiger partial charge in [-0.2, -0.15) is 5.10 Å². The molecular weight excluding hydrogens is 478 g/mol. The zero-order valence-corrected chi connectivity index (χ0v) is 23.6. The Morgan fingerprint density at radius 3 is 2.37 bits per heavy atom. The zero-order chi connectivity index (χ0) is 26.5. The maximum atomic E-state index is 13.1. The molecule has 0 aromatic carbocycles. The lowest BCUT2D eigenvalue weighted by molar-refractivity contribution is -0.138. The number of piperazine rings is 1. The number of rotatable bonds is 9. The van der Waals surface area contributed by atoms with Crippen LogP contribution in [0.25, 0.3) is 11.0 Å².